The standard InChI is InChI=1S/C17H29N3O/c1-6-7-8-11-20(13(2)3)17(21)14-9-10-16(19(4)5)15(18)12-14/h9-10,12-13H,6-8,11,18H2,1-5H3. The summed E-state index contributed by atoms with van der Waals surface area (Å²) in [5.41, 5.74) is 8.30. The third-order valence-corrected chi connectivity index (χ3v) is 3.64. The van der Waals surface area contributed by atoms with E-state index in [-0.39, 0.29) is 11.9 Å². The van der Waals surface area contributed by atoms with Crippen LogP contribution in [-0.4, -0.2) is 37.5 Å². The maximum absolute atomic E-state index is 12.7. The number of carbonyl (C=O) groups is 1. The number of carbonyl (C=O) groups excluding carboxylic acids is 1. The number of rotatable bonds is 7. The Balaban J connectivity index is 2.91. The molecule has 21 heavy (non-hydrogen) atoms. The minimum absolute atomic E-state index is 0.0677. The van der Waals surface area contributed by atoms with Gasteiger partial charge in [-0.25, -0.2) is 0 Å². The zero-order valence-electron chi connectivity index (χ0n) is 14.0. The average molecular weight is 291 g/mol. The molecule has 0 heterocycles. The van der Waals surface area contributed by atoms with Gasteiger partial charge in [0.25, 0.3) is 5.91 Å². The highest BCUT2D eigenvalue weighted by molar-refractivity contribution is 5.96. The van der Waals surface area contributed by atoms with Crippen LogP contribution in [0.5, 0.6) is 0 Å². The van der Waals surface area contributed by atoms with E-state index in [0.717, 1.165) is 31.5 Å². The van der Waals surface area contributed by atoms with Gasteiger partial charge in [0.05, 0.1) is 11.4 Å². The first kappa shape index (κ1) is 17.3. The molecule has 0 bridgehead atoms. The molecule has 0 aromatic heterocycles. The van der Waals surface area contributed by atoms with E-state index < -0.39 is 0 Å². The number of anilines is 2. The minimum atomic E-state index is 0.0677. The van der Waals surface area contributed by atoms with Gasteiger partial charge in [0.1, 0.15) is 0 Å². The van der Waals surface area contributed by atoms with Crippen LogP contribution < -0.4 is 10.6 Å². The van der Waals surface area contributed by atoms with Crippen molar-refractivity contribution in [1.82, 2.24) is 4.90 Å². The quantitative estimate of drug-likeness (QED) is 0.619. The summed E-state index contributed by atoms with van der Waals surface area (Å²) in [4.78, 5) is 16.6. The summed E-state index contributed by atoms with van der Waals surface area (Å²) in [7, 11) is 3.89. The lowest BCUT2D eigenvalue weighted by Crippen LogP contribution is -2.37. The second kappa shape index (κ2) is 7.91. The molecular weight excluding hydrogens is 262 g/mol. The Labute approximate surface area is 128 Å². The van der Waals surface area contributed by atoms with Gasteiger partial charge in [-0.3, -0.25) is 4.79 Å². The highest BCUT2D eigenvalue weighted by Gasteiger charge is 2.19. The zero-order chi connectivity index (χ0) is 16.0. The fourth-order valence-corrected chi connectivity index (χ4v) is 2.39. The van der Waals surface area contributed by atoms with Crippen molar-refractivity contribution < 1.29 is 4.79 Å². The normalized spacial score (nSPS) is 10.8. The van der Waals surface area contributed by atoms with Gasteiger partial charge in [0, 0.05) is 32.2 Å². The van der Waals surface area contributed by atoms with Gasteiger partial charge in [-0.05, 0) is 38.5 Å². The summed E-state index contributed by atoms with van der Waals surface area (Å²) < 4.78 is 0. The van der Waals surface area contributed by atoms with Gasteiger partial charge in [-0.15, -0.1) is 0 Å². The number of hydrogen-bond donors (Lipinski definition) is 1. The Kier molecular flexibility index (Phi) is 6.53. The molecule has 1 rings (SSSR count). The highest BCUT2D eigenvalue weighted by atomic mass is 16.2. The van der Waals surface area contributed by atoms with Gasteiger partial charge in [0.15, 0.2) is 0 Å². The second-order valence-corrected chi connectivity index (χ2v) is 5.97. The highest BCUT2D eigenvalue weighted by Crippen LogP contribution is 2.23. The average Bonchev–Trinajstić information content (AvgIpc) is 2.42. The number of hydrogen-bond acceptors (Lipinski definition) is 3. The van der Waals surface area contributed by atoms with Crippen molar-refractivity contribution in [2.75, 3.05) is 31.3 Å². The Bertz CT molecular complexity index is 469. The van der Waals surface area contributed by atoms with E-state index in [0.29, 0.717) is 11.3 Å². The second-order valence-electron chi connectivity index (χ2n) is 5.97. The molecule has 1 amide bonds. The van der Waals surface area contributed by atoms with Gasteiger partial charge in [-0.2, -0.15) is 0 Å². The van der Waals surface area contributed by atoms with Crippen molar-refractivity contribution in [2.24, 2.45) is 0 Å². The van der Waals surface area contributed by atoms with Gasteiger partial charge >= 0.3 is 0 Å². The molecule has 0 radical (unpaired) electrons. The molecule has 0 spiro atoms. The first-order chi connectivity index (χ1) is 9.88. The molecule has 118 valence electrons. The van der Waals surface area contributed by atoms with E-state index in [2.05, 4.69) is 20.8 Å². The molecule has 4 heteroatoms. The van der Waals surface area contributed by atoms with Crippen LogP contribution in [0.4, 0.5) is 11.4 Å². The summed E-state index contributed by atoms with van der Waals surface area (Å²) in [5.74, 6) is 0.0677. The van der Waals surface area contributed by atoms with Crippen molar-refractivity contribution >= 4 is 17.3 Å². The maximum Gasteiger partial charge on any atom is 0.254 e. The molecule has 1 aromatic carbocycles. The molecule has 0 fully saturated rings. The molecule has 0 unspecified atom stereocenters. The summed E-state index contributed by atoms with van der Waals surface area (Å²) in [6, 6.07) is 5.76. The Morgan fingerprint density at radius 3 is 2.38 bits per heavy atom. The SMILES string of the molecule is CCCCCN(C(=O)c1ccc(N(C)C)c(N)c1)C(C)C. The number of benzene rings is 1. The molecule has 0 atom stereocenters. The third kappa shape index (κ3) is 4.66. The largest absolute Gasteiger partial charge is 0.397 e. The van der Waals surface area contributed by atoms with Gasteiger partial charge in [-0.1, -0.05) is 19.8 Å². The fourth-order valence-electron chi connectivity index (χ4n) is 2.39. The Morgan fingerprint density at radius 2 is 1.90 bits per heavy atom. The van der Waals surface area contributed by atoms with Crippen LogP contribution in [0.3, 0.4) is 0 Å². The first-order valence-corrected chi connectivity index (χ1v) is 7.76. The van der Waals surface area contributed by atoms with E-state index in [4.69, 9.17) is 5.73 Å². The van der Waals surface area contributed by atoms with Gasteiger partial charge < -0.3 is 15.5 Å². The molecule has 2 N–H and O–H groups in total. The van der Waals surface area contributed by atoms with Crippen molar-refractivity contribution in [2.45, 2.75) is 46.1 Å². The molecule has 0 saturated heterocycles. The smallest absolute Gasteiger partial charge is 0.254 e. The van der Waals surface area contributed by atoms with E-state index in [9.17, 15) is 4.79 Å². The molecule has 0 aliphatic heterocycles. The van der Waals surface area contributed by atoms with Gasteiger partial charge in [0.2, 0.25) is 0 Å². The zero-order valence-corrected chi connectivity index (χ0v) is 14.0. The Morgan fingerprint density at radius 1 is 1.24 bits per heavy atom. The number of nitrogen functional groups attached to an aromatic ring is 1. The molecule has 0 aliphatic carbocycles. The summed E-state index contributed by atoms with van der Waals surface area (Å²) in [6.07, 6.45) is 3.36. The van der Waals surface area contributed by atoms with Crippen LogP contribution in [0.2, 0.25) is 0 Å². The van der Waals surface area contributed by atoms with Crippen LogP contribution in [0.15, 0.2) is 18.2 Å². The van der Waals surface area contributed by atoms with Crippen LogP contribution in [0, 0.1) is 0 Å². The number of unbranched alkanes of at least 4 members (excludes halogenated alkanes) is 2. The fraction of sp³-hybridized carbons (Fsp3) is 0.588. The predicted molar refractivity (Wildman–Crippen MR) is 90.9 cm³/mol. The first-order valence-electron chi connectivity index (χ1n) is 7.76. The number of nitrogens with zero attached hydrogens (tertiary/aromatic N) is 2. The summed E-state index contributed by atoms with van der Waals surface area (Å²) in [5, 5.41) is 0. The van der Waals surface area contributed by atoms with Crippen molar-refractivity contribution in [1.29, 1.82) is 0 Å². The van der Waals surface area contributed by atoms with E-state index in [1.807, 2.05) is 36.0 Å². The van der Waals surface area contributed by atoms with E-state index in [1.165, 1.54) is 0 Å². The van der Waals surface area contributed by atoms with E-state index >= 15 is 0 Å². The molecule has 1 aromatic rings. The molecule has 4 nitrogen and oxygen atoms in total. The third-order valence-electron chi connectivity index (χ3n) is 3.64. The lowest BCUT2D eigenvalue weighted by Gasteiger charge is -2.27. The summed E-state index contributed by atoms with van der Waals surface area (Å²) in [6.45, 7) is 7.09. The topological polar surface area (TPSA) is 49.6 Å². The molecular formula is C17H29N3O. The van der Waals surface area contributed by atoms with Crippen LogP contribution >= 0.6 is 0 Å². The Hall–Kier alpha value is -1.71. The van der Waals surface area contributed by atoms with E-state index in [1.54, 1.807) is 6.07 Å². The van der Waals surface area contributed by atoms with Crippen molar-refractivity contribution in [3.05, 3.63) is 23.8 Å². The van der Waals surface area contributed by atoms with Crippen molar-refractivity contribution in [3.63, 3.8) is 0 Å². The lowest BCUT2D eigenvalue weighted by molar-refractivity contribution is 0.0702. The van der Waals surface area contributed by atoms with Crippen LogP contribution in [-0.2, 0) is 0 Å². The molecule has 0 saturated carbocycles. The summed E-state index contributed by atoms with van der Waals surface area (Å²) >= 11 is 0. The van der Waals surface area contributed by atoms with Crippen molar-refractivity contribution in [3.8, 4) is 0 Å². The van der Waals surface area contributed by atoms with Crippen LogP contribution in [0.25, 0.3) is 0 Å². The number of amides is 1. The molecule has 0 aliphatic rings. The predicted octanol–water partition coefficient (Wildman–Crippen LogP) is 3.38. The lowest BCUT2D eigenvalue weighted by atomic mass is 10.1. The minimum Gasteiger partial charge on any atom is -0.397 e. The monoisotopic (exact) mass is 291 g/mol. The number of nitrogens with two attached hydrogens (primary N) is 1. The maximum atomic E-state index is 12.7. The van der Waals surface area contributed by atoms with Crippen LogP contribution in [0.1, 0.15) is 50.4 Å².